The van der Waals surface area contributed by atoms with Gasteiger partial charge in [-0.1, -0.05) is 12.1 Å². The van der Waals surface area contributed by atoms with Gasteiger partial charge in [-0.3, -0.25) is 19.3 Å². The molecule has 0 spiro atoms. The van der Waals surface area contributed by atoms with Crippen LogP contribution < -0.4 is 5.32 Å². The number of carbonyl (C=O) groups excluding carboxylic acids is 1. The highest BCUT2D eigenvalue weighted by atomic mass is 32.2. The Morgan fingerprint density at radius 2 is 2.00 bits per heavy atom. The molecule has 144 valence electrons. The quantitative estimate of drug-likeness (QED) is 0.302. The number of fused-ring (bicyclic) bond motifs is 1. The van der Waals surface area contributed by atoms with Gasteiger partial charge < -0.3 is 5.32 Å². The number of imidazole rings is 1. The van der Waals surface area contributed by atoms with E-state index in [9.17, 15) is 14.9 Å². The van der Waals surface area contributed by atoms with Gasteiger partial charge in [-0.25, -0.2) is 9.97 Å². The number of nitro benzene ring substituents is 1. The lowest BCUT2D eigenvalue weighted by Crippen LogP contribution is -2.14. The van der Waals surface area contributed by atoms with Crippen molar-refractivity contribution in [3.8, 4) is 11.3 Å². The number of nitrogens with zero attached hydrogens (tertiary/aromatic N) is 4. The van der Waals surface area contributed by atoms with Crippen molar-refractivity contribution in [2.45, 2.75) is 4.90 Å². The molecule has 8 nitrogen and oxygen atoms in total. The Balaban J connectivity index is 1.57. The minimum absolute atomic E-state index is 0.0253. The van der Waals surface area contributed by atoms with Crippen LogP contribution in [0.4, 0.5) is 11.4 Å². The number of thioether (sulfide) groups is 1. The SMILES string of the molecule is CSc1ccc([N+](=O)[O-])c(C(=O)Nc2ccc(-c3cn4cccnc4n3)cc2)c1. The van der Waals surface area contributed by atoms with Crippen molar-refractivity contribution in [3.63, 3.8) is 0 Å². The zero-order valence-electron chi connectivity index (χ0n) is 15.3. The molecule has 0 atom stereocenters. The topological polar surface area (TPSA) is 102 Å². The van der Waals surface area contributed by atoms with E-state index in [1.54, 1.807) is 24.4 Å². The van der Waals surface area contributed by atoms with Crippen LogP contribution in [0.3, 0.4) is 0 Å². The van der Waals surface area contributed by atoms with Crippen LogP contribution in [0.1, 0.15) is 10.4 Å². The molecule has 0 saturated heterocycles. The largest absolute Gasteiger partial charge is 0.322 e. The van der Waals surface area contributed by atoms with Crippen LogP contribution in [0.15, 0.2) is 72.0 Å². The third-order valence-corrected chi connectivity index (χ3v) is 5.04. The molecule has 0 aliphatic carbocycles. The standard InChI is InChI=1S/C20H15N5O3S/c1-29-15-7-8-18(25(27)28)16(11-15)19(26)22-14-5-3-13(4-6-14)17-12-24-10-2-9-21-20(24)23-17/h2-12H,1H3,(H,22,26). The number of nitro groups is 1. The Morgan fingerprint density at radius 1 is 1.21 bits per heavy atom. The van der Waals surface area contributed by atoms with Crippen LogP contribution in [0.2, 0.25) is 0 Å². The van der Waals surface area contributed by atoms with Crippen LogP contribution >= 0.6 is 11.8 Å². The molecular weight excluding hydrogens is 390 g/mol. The van der Waals surface area contributed by atoms with E-state index >= 15 is 0 Å². The molecule has 1 N–H and O–H groups in total. The number of rotatable bonds is 5. The highest BCUT2D eigenvalue weighted by Gasteiger charge is 2.21. The third-order valence-electron chi connectivity index (χ3n) is 4.32. The Morgan fingerprint density at radius 3 is 2.69 bits per heavy atom. The van der Waals surface area contributed by atoms with Gasteiger partial charge in [0.15, 0.2) is 0 Å². The average molecular weight is 405 g/mol. The van der Waals surface area contributed by atoms with Crippen molar-refractivity contribution in [2.24, 2.45) is 0 Å². The summed E-state index contributed by atoms with van der Waals surface area (Å²) in [6.45, 7) is 0. The second-order valence-electron chi connectivity index (χ2n) is 6.12. The van der Waals surface area contributed by atoms with Gasteiger partial charge in [0.25, 0.3) is 11.6 Å². The van der Waals surface area contributed by atoms with Crippen molar-refractivity contribution in [2.75, 3.05) is 11.6 Å². The van der Waals surface area contributed by atoms with E-state index in [1.165, 1.54) is 23.9 Å². The molecule has 0 radical (unpaired) electrons. The molecule has 0 fully saturated rings. The number of hydrogen-bond acceptors (Lipinski definition) is 6. The maximum absolute atomic E-state index is 12.6. The fourth-order valence-electron chi connectivity index (χ4n) is 2.87. The van der Waals surface area contributed by atoms with Crippen molar-refractivity contribution < 1.29 is 9.72 Å². The molecule has 29 heavy (non-hydrogen) atoms. The molecule has 1 amide bonds. The summed E-state index contributed by atoms with van der Waals surface area (Å²) in [5.41, 5.74) is 1.95. The molecule has 0 aliphatic rings. The van der Waals surface area contributed by atoms with Crippen LogP contribution in [-0.4, -0.2) is 31.5 Å². The van der Waals surface area contributed by atoms with Crippen LogP contribution in [0.5, 0.6) is 0 Å². The van der Waals surface area contributed by atoms with Gasteiger partial charge in [-0.15, -0.1) is 11.8 Å². The summed E-state index contributed by atoms with van der Waals surface area (Å²) in [6, 6.07) is 13.4. The zero-order valence-corrected chi connectivity index (χ0v) is 16.1. The summed E-state index contributed by atoms with van der Waals surface area (Å²) in [6.07, 6.45) is 7.25. The molecule has 2 aromatic carbocycles. The molecule has 0 unspecified atom stereocenters. The van der Waals surface area contributed by atoms with Gasteiger partial charge in [-0.05, 0) is 36.6 Å². The Labute approximate surface area is 169 Å². The smallest absolute Gasteiger partial charge is 0.282 e. The number of carbonyl (C=O) groups is 1. The molecule has 4 rings (SSSR count). The number of hydrogen-bond donors (Lipinski definition) is 1. The Bertz CT molecular complexity index is 1190. The minimum Gasteiger partial charge on any atom is -0.322 e. The van der Waals surface area contributed by atoms with Gasteiger partial charge in [0.1, 0.15) is 5.56 Å². The predicted octanol–water partition coefficient (Wildman–Crippen LogP) is 4.28. The summed E-state index contributed by atoms with van der Waals surface area (Å²) < 4.78 is 1.82. The number of aromatic nitrogens is 3. The molecule has 2 heterocycles. The van der Waals surface area contributed by atoms with Gasteiger partial charge in [0, 0.05) is 40.8 Å². The maximum atomic E-state index is 12.6. The lowest BCUT2D eigenvalue weighted by atomic mass is 10.1. The van der Waals surface area contributed by atoms with Crippen LogP contribution in [0.25, 0.3) is 17.0 Å². The minimum atomic E-state index is -0.556. The van der Waals surface area contributed by atoms with Gasteiger partial charge in [0.2, 0.25) is 5.78 Å². The van der Waals surface area contributed by atoms with E-state index < -0.39 is 10.8 Å². The summed E-state index contributed by atoms with van der Waals surface area (Å²) in [5, 5.41) is 14.0. The van der Waals surface area contributed by atoms with E-state index in [1.807, 2.05) is 41.2 Å². The van der Waals surface area contributed by atoms with E-state index in [4.69, 9.17) is 0 Å². The molecular formula is C20H15N5O3S. The second-order valence-corrected chi connectivity index (χ2v) is 7.00. The lowest BCUT2D eigenvalue weighted by molar-refractivity contribution is -0.385. The van der Waals surface area contributed by atoms with Crippen molar-refractivity contribution >= 4 is 34.8 Å². The van der Waals surface area contributed by atoms with E-state index in [-0.39, 0.29) is 11.3 Å². The molecule has 0 aliphatic heterocycles. The van der Waals surface area contributed by atoms with Gasteiger partial charge >= 0.3 is 0 Å². The Hall–Kier alpha value is -3.72. The molecule has 4 aromatic rings. The highest BCUT2D eigenvalue weighted by Crippen LogP contribution is 2.26. The summed E-state index contributed by atoms with van der Waals surface area (Å²) in [7, 11) is 0. The number of nitrogens with one attached hydrogen (secondary N) is 1. The first-order valence-corrected chi connectivity index (χ1v) is 9.81. The summed E-state index contributed by atoms with van der Waals surface area (Å²) >= 11 is 1.41. The second kappa shape index (κ2) is 7.72. The monoisotopic (exact) mass is 405 g/mol. The molecule has 0 bridgehead atoms. The van der Waals surface area contributed by atoms with Gasteiger partial charge in [0.05, 0.1) is 10.6 Å². The number of amides is 1. The van der Waals surface area contributed by atoms with Gasteiger partial charge in [-0.2, -0.15) is 0 Å². The van der Waals surface area contributed by atoms with Crippen molar-refractivity contribution in [1.82, 2.24) is 14.4 Å². The zero-order chi connectivity index (χ0) is 20.4. The summed E-state index contributed by atoms with van der Waals surface area (Å²) in [4.78, 5) is 32.8. The van der Waals surface area contributed by atoms with E-state index in [2.05, 4.69) is 15.3 Å². The normalized spacial score (nSPS) is 10.8. The first-order chi connectivity index (χ1) is 14.0. The number of benzene rings is 2. The fraction of sp³-hybridized carbons (Fsp3) is 0.0500. The lowest BCUT2D eigenvalue weighted by Gasteiger charge is -2.08. The molecule has 9 heteroatoms. The highest BCUT2D eigenvalue weighted by molar-refractivity contribution is 7.98. The van der Waals surface area contributed by atoms with Crippen LogP contribution in [0, 0.1) is 10.1 Å². The molecule has 2 aromatic heterocycles. The first kappa shape index (κ1) is 18.6. The Kier molecular flexibility index (Phi) is 4.96. The van der Waals surface area contributed by atoms with Crippen molar-refractivity contribution in [3.05, 3.63) is 82.8 Å². The molecule has 0 saturated carbocycles. The maximum Gasteiger partial charge on any atom is 0.282 e. The first-order valence-electron chi connectivity index (χ1n) is 8.59. The van der Waals surface area contributed by atoms with E-state index in [0.717, 1.165) is 16.2 Å². The number of anilines is 1. The summed E-state index contributed by atoms with van der Waals surface area (Å²) in [5.74, 6) is 0.0677. The van der Waals surface area contributed by atoms with Crippen LogP contribution in [-0.2, 0) is 0 Å². The predicted molar refractivity (Wildman–Crippen MR) is 111 cm³/mol. The fourth-order valence-corrected chi connectivity index (χ4v) is 3.31. The third kappa shape index (κ3) is 3.81. The average Bonchev–Trinajstić information content (AvgIpc) is 3.18. The van der Waals surface area contributed by atoms with E-state index in [0.29, 0.717) is 11.5 Å². The van der Waals surface area contributed by atoms with Crippen molar-refractivity contribution in [1.29, 1.82) is 0 Å².